The molecule has 0 bridgehead atoms. The lowest BCUT2D eigenvalue weighted by atomic mass is 10.2. The number of piperazine rings is 1. The number of anilines is 1. The smallest absolute Gasteiger partial charge is 0.276 e. The Labute approximate surface area is 161 Å². The lowest BCUT2D eigenvalue weighted by molar-refractivity contribution is 0.0740. The molecule has 1 aliphatic rings. The van der Waals surface area contributed by atoms with Crippen molar-refractivity contribution in [3.05, 3.63) is 53.1 Å². The lowest BCUT2D eigenvalue weighted by Crippen LogP contribution is -2.49. The fourth-order valence-electron chi connectivity index (χ4n) is 3.20. The Kier molecular flexibility index (Phi) is 4.85. The minimum atomic E-state index is -0.0559. The SMILES string of the molecule is Cc1nsnc1Cn1nnc(C(=O)N2CCN(c3ccccc3)CC2)c1C. The van der Waals surface area contributed by atoms with Gasteiger partial charge in [-0.15, -0.1) is 5.10 Å². The third kappa shape index (κ3) is 3.55. The van der Waals surface area contributed by atoms with Gasteiger partial charge in [-0.05, 0) is 26.0 Å². The van der Waals surface area contributed by atoms with Gasteiger partial charge >= 0.3 is 0 Å². The van der Waals surface area contributed by atoms with E-state index in [-0.39, 0.29) is 5.91 Å². The first kappa shape index (κ1) is 17.6. The molecule has 9 heteroatoms. The molecule has 1 saturated heterocycles. The fourth-order valence-corrected chi connectivity index (χ4v) is 3.76. The fraction of sp³-hybridized carbons (Fsp3) is 0.389. The van der Waals surface area contributed by atoms with E-state index in [1.807, 2.05) is 36.9 Å². The highest BCUT2D eigenvalue weighted by molar-refractivity contribution is 6.99. The molecule has 0 radical (unpaired) electrons. The van der Waals surface area contributed by atoms with Crippen molar-refractivity contribution >= 4 is 23.3 Å². The molecule has 1 amide bonds. The number of aryl methyl sites for hydroxylation is 1. The first-order chi connectivity index (χ1) is 13.1. The van der Waals surface area contributed by atoms with Crippen molar-refractivity contribution in [2.45, 2.75) is 20.4 Å². The number of para-hydroxylation sites is 1. The number of carbonyl (C=O) groups excluding carboxylic acids is 1. The minimum Gasteiger partial charge on any atom is -0.368 e. The number of hydrogen-bond donors (Lipinski definition) is 0. The second-order valence-corrected chi connectivity index (χ2v) is 7.12. The van der Waals surface area contributed by atoms with E-state index in [0.29, 0.717) is 25.3 Å². The van der Waals surface area contributed by atoms with E-state index in [9.17, 15) is 4.79 Å². The van der Waals surface area contributed by atoms with E-state index in [1.54, 1.807) is 4.68 Å². The maximum absolute atomic E-state index is 12.9. The zero-order valence-electron chi connectivity index (χ0n) is 15.4. The number of aromatic nitrogens is 5. The highest BCUT2D eigenvalue weighted by Crippen LogP contribution is 2.17. The Morgan fingerprint density at radius 3 is 2.48 bits per heavy atom. The average Bonchev–Trinajstić information content (AvgIpc) is 3.28. The van der Waals surface area contributed by atoms with Crippen LogP contribution in [0.2, 0.25) is 0 Å². The molecular weight excluding hydrogens is 362 g/mol. The van der Waals surface area contributed by atoms with Crippen LogP contribution in [0.1, 0.15) is 27.6 Å². The van der Waals surface area contributed by atoms with Gasteiger partial charge in [0, 0.05) is 31.9 Å². The average molecular weight is 383 g/mol. The molecule has 0 atom stereocenters. The molecular formula is C18H21N7OS. The van der Waals surface area contributed by atoms with E-state index >= 15 is 0 Å². The van der Waals surface area contributed by atoms with Crippen LogP contribution in [0.4, 0.5) is 5.69 Å². The summed E-state index contributed by atoms with van der Waals surface area (Å²) < 4.78 is 10.2. The van der Waals surface area contributed by atoms with Crippen LogP contribution in [0.15, 0.2) is 30.3 Å². The van der Waals surface area contributed by atoms with Crippen molar-refractivity contribution in [1.29, 1.82) is 0 Å². The normalized spacial score (nSPS) is 14.6. The molecule has 1 fully saturated rings. The summed E-state index contributed by atoms with van der Waals surface area (Å²) in [4.78, 5) is 17.1. The molecule has 3 heterocycles. The number of benzene rings is 1. The second kappa shape index (κ2) is 7.43. The van der Waals surface area contributed by atoms with Gasteiger partial charge in [-0.1, -0.05) is 23.4 Å². The minimum absolute atomic E-state index is 0.0559. The summed E-state index contributed by atoms with van der Waals surface area (Å²) in [6.07, 6.45) is 0. The maximum Gasteiger partial charge on any atom is 0.276 e. The number of carbonyl (C=O) groups is 1. The summed E-state index contributed by atoms with van der Waals surface area (Å²) in [5.74, 6) is -0.0559. The van der Waals surface area contributed by atoms with Crippen molar-refractivity contribution < 1.29 is 4.79 Å². The van der Waals surface area contributed by atoms with Crippen molar-refractivity contribution in [2.75, 3.05) is 31.1 Å². The Balaban J connectivity index is 1.42. The zero-order valence-corrected chi connectivity index (χ0v) is 16.2. The largest absolute Gasteiger partial charge is 0.368 e. The van der Waals surface area contributed by atoms with Crippen molar-refractivity contribution in [2.24, 2.45) is 0 Å². The van der Waals surface area contributed by atoms with E-state index in [1.165, 1.54) is 17.4 Å². The monoisotopic (exact) mass is 383 g/mol. The van der Waals surface area contributed by atoms with Gasteiger partial charge in [-0.25, -0.2) is 4.68 Å². The molecule has 0 spiro atoms. The third-order valence-electron chi connectivity index (χ3n) is 4.92. The summed E-state index contributed by atoms with van der Waals surface area (Å²) in [5, 5.41) is 8.30. The Morgan fingerprint density at radius 1 is 1.07 bits per heavy atom. The van der Waals surface area contributed by atoms with E-state index in [0.717, 1.165) is 30.2 Å². The van der Waals surface area contributed by atoms with Gasteiger partial charge in [0.25, 0.3) is 5.91 Å². The summed E-state index contributed by atoms with van der Waals surface area (Å²) in [5.41, 5.74) is 4.13. The van der Waals surface area contributed by atoms with Gasteiger partial charge in [-0.2, -0.15) is 8.75 Å². The zero-order chi connectivity index (χ0) is 18.8. The molecule has 0 N–H and O–H groups in total. The maximum atomic E-state index is 12.9. The predicted molar refractivity (Wildman–Crippen MR) is 103 cm³/mol. The van der Waals surface area contributed by atoms with Gasteiger partial charge in [0.15, 0.2) is 5.69 Å². The van der Waals surface area contributed by atoms with Crippen LogP contribution in [-0.2, 0) is 6.54 Å². The van der Waals surface area contributed by atoms with E-state index in [4.69, 9.17) is 0 Å². The van der Waals surface area contributed by atoms with Crippen LogP contribution in [-0.4, -0.2) is 60.7 Å². The van der Waals surface area contributed by atoms with Crippen LogP contribution in [0.3, 0.4) is 0 Å². The van der Waals surface area contributed by atoms with E-state index < -0.39 is 0 Å². The standard InChI is InChI=1S/C18H21N7OS/c1-13-16(21-27-20-13)12-25-14(2)17(19-22-25)18(26)24-10-8-23(9-11-24)15-6-4-3-5-7-15/h3-7H,8-12H2,1-2H3. The summed E-state index contributed by atoms with van der Waals surface area (Å²) >= 11 is 1.18. The number of nitrogens with zero attached hydrogens (tertiary/aromatic N) is 7. The Bertz CT molecular complexity index is 928. The lowest BCUT2D eigenvalue weighted by Gasteiger charge is -2.35. The predicted octanol–water partition coefficient (Wildman–Crippen LogP) is 1.76. The molecule has 0 aliphatic carbocycles. The second-order valence-electron chi connectivity index (χ2n) is 6.59. The van der Waals surface area contributed by atoms with Gasteiger partial charge in [0.1, 0.15) is 0 Å². The van der Waals surface area contributed by atoms with E-state index in [2.05, 4.69) is 36.1 Å². The quantitative estimate of drug-likeness (QED) is 0.683. The third-order valence-corrected chi connectivity index (χ3v) is 5.58. The Morgan fingerprint density at radius 2 is 1.81 bits per heavy atom. The van der Waals surface area contributed by atoms with Crippen molar-refractivity contribution in [1.82, 2.24) is 28.6 Å². The summed E-state index contributed by atoms with van der Waals surface area (Å²) in [7, 11) is 0. The summed E-state index contributed by atoms with van der Waals surface area (Å²) in [6.45, 7) is 7.26. The molecule has 1 aliphatic heterocycles. The number of amides is 1. The number of rotatable bonds is 4. The molecule has 140 valence electrons. The topological polar surface area (TPSA) is 80.0 Å². The molecule has 1 aromatic carbocycles. The molecule has 0 unspecified atom stereocenters. The first-order valence-corrected chi connectivity index (χ1v) is 9.64. The molecule has 27 heavy (non-hydrogen) atoms. The van der Waals surface area contributed by atoms with Gasteiger partial charge in [-0.3, -0.25) is 4.79 Å². The van der Waals surface area contributed by atoms with Gasteiger partial charge in [0.2, 0.25) is 0 Å². The highest BCUT2D eigenvalue weighted by atomic mass is 32.1. The molecule has 4 rings (SSSR count). The van der Waals surface area contributed by atoms with Crippen LogP contribution in [0.25, 0.3) is 0 Å². The van der Waals surface area contributed by atoms with Crippen LogP contribution in [0.5, 0.6) is 0 Å². The summed E-state index contributed by atoms with van der Waals surface area (Å²) in [6, 6.07) is 10.3. The van der Waals surface area contributed by atoms with Gasteiger partial charge in [0.05, 0.1) is 35.4 Å². The molecule has 2 aromatic heterocycles. The molecule has 0 saturated carbocycles. The van der Waals surface area contributed by atoms with Gasteiger partial charge < -0.3 is 9.80 Å². The van der Waals surface area contributed by atoms with Crippen LogP contribution in [0, 0.1) is 13.8 Å². The van der Waals surface area contributed by atoms with Crippen LogP contribution < -0.4 is 4.90 Å². The first-order valence-electron chi connectivity index (χ1n) is 8.91. The van der Waals surface area contributed by atoms with Crippen molar-refractivity contribution in [3.63, 3.8) is 0 Å². The van der Waals surface area contributed by atoms with Crippen LogP contribution >= 0.6 is 11.7 Å². The highest BCUT2D eigenvalue weighted by Gasteiger charge is 2.26. The molecule has 3 aromatic rings. The number of hydrogen-bond acceptors (Lipinski definition) is 7. The van der Waals surface area contributed by atoms with Crippen molar-refractivity contribution in [3.8, 4) is 0 Å². The molecule has 8 nitrogen and oxygen atoms in total. The Hall–Kier alpha value is -2.81.